The Hall–Kier alpha value is -3.98. The molecule has 0 spiro atoms. The molecule has 258 valence electrons. The molecule has 0 saturated carbocycles. The molecular formula is C35H39N5O7S2. The molecule has 6 N–H and O–H groups in total. The number of carbonyl (C=O) groups excluding carboxylic acids is 1. The van der Waals surface area contributed by atoms with Crippen molar-refractivity contribution in [1.82, 2.24) is 15.3 Å². The van der Waals surface area contributed by atoms with Crippen LogP contribution in [0.2, 0.25) is 0 Å². The maximum atomic E-state index is 14.2. The lowest BCUT2D eigenvalue weighted by Gasteiger charge is -2.42. The maximum Gasteiger partial charge on any atom is 0.341 e. The summed E-state index contributed by atoms with van der Waals surface area (Å²) in [4.78, 5) is 36.0. The van der Waals surface area contributed by atoms with Gasteiger partial charge in [0.2, 0.25) is 0 Å². The van der Waals surface area contributed by atoms with Crippen molar-refractivity contribution in [1.29, 1.82) is 0 Å². The van der Waals surface area contributed by atoms with Crippen molar-refractivity contribution >= 4 is 50.2 Å². The number of aryl methyl sites for hydroxylation is 2. The number of carbonyl (C=O) groups is 1. The third-order valence-electron chi connectivity index (χ3n) is 9.68. The number of phenols is 1. The van der Waals surface area contributed by atoms with E-state index in [1.165, 1.54) is 6.07 Å². The van der Waals surface area contributed by atoms with E-state index in [2.05, 4.69) is 15.3 Å². The molecule has 49 heavy (non-hydrogen) atoms. The summed E-state index contributed by atoms with van der Waals surface area (Å²) in [5.41, 5.74) is 14.2. The van der Waals surface area contributed by atoms with Crippen molar-refractivity contribution in [2.24, 2.45) is 0 Å². The summed E-state index contributed by atoms with van der Waals surface area (Å²) in [6, 6.07) is 8.74. The predicted molar refractivity (Wildman–Crippen MR) is 191 cm³/mol. The number of nitrogens with zero attached hydrogens (tertiary/aromatic N) is 2. The highest BCUT2D eigenvalue weighted by Crippen LogP contribution is 2.48. The zero-order chi connectivity index (χ0) is 34.5. The normalized spacial score (nSPS) is 25.4. The van der Waals surface area contributed by atoms with E-state index in [9.17, 15) is 14.7 Å². The summed E-state index contributed by atoms with van der Waals surface area (Å²) in [6.45, 7) is 4.13. The Kier molecular flexibility index (Phi) is 8.92. The number of rotatable bonds is 3. The van der Waals surface area contributed by atoms with E-state index in [4.69, 9.17) is 30.1 Å². The van der Waals surface area contributed by atoms with Gasteiger partial charge >= 0.3 is 5.97 Å². The van der Waals surface area contributed by atoms with Crippen molar-refractivity contribution in [3.8, 4) is 22.8 Å². The van der Waals surface area contributed by atoms with E-state index in [0.29, 0.717) is 72.4 Å². The maximum absolute atomic E-state index is 14.2. The van der Waals surface area contributed by atoms with Crippen LogP contribution in [0.1, 0.15) is 48.6 Å². The number of esters is 1. The topological polar surface area (TPSA) is 188 Å². The lowest BCUT2D eigenvalue weighted by molar-refractivity contribution is -0.169. The zero-order valence-corrected chi connectivity index (χ0v) is 29.2. The average molecular weight is 706 g/mol. The molecular weight excluding hydrogens is 667 g/mol. The van der Waals surface area contributed by atoms with Crippen LogP contribution in [0.25, 0.3) is 22.2 Å². The summed E-state index contributed by atoms with van der Waals surface area (Å²) in [5.74, 6) is 2.15. The largest absolute Gasteiger partial charge is 0.507 e. The number of hydrogen-bond acceptors (Lipinski definition) is 14. The molecule has 0 radical (unpaired) electrons. The number of phenolic OH excluding ortho intramolecular Hbond substituents is 1. The second kappa shape index (κ2) is 13.0. The molecule has 12 nitrogen and oxygen atoms in total. The number of benzene rings is 1. The molecule has 4 aromatic rings. The highest BCUT2D eigenvalue weighted by atomic mass is 33.1. The van der Waals surface area contributed by atoms with Gasteiger partial charge in [-0.15, -0.1) is 0 Å². The summed E-state index contributed by atoms with van der Waals surface area (Å²) < 4.78 is 25.0. The van der Waals surface area contributed by atoms with Crippen LogP contribution in [0.3, 0.4) is 0 Å². The van der Waals surface area contributed by atoms with Crippen LogP contribution < -0.4 is 26.9 Å². The molecule has 6 heterocycles. The fourth-order valence-corrected chi connectivity index (χ4v) is 9.19. The predicted octanol–water partition coefficient (Wildman–Crippen LogP) is 4.70. The van der Waals surface area contributed by atoms with Crippen LogP contribution in [0.15, 0.2) is 45.7 Å². The number of nitrogens with two attached hydrogens (primary N) is 2. The third kappa shape index (κ3) is 6.31. The Bertz CT molecular complexity index is 2010. The lowest BCUT2D eigenvalue weighted by Crippen LogP contribution is -2.53. The summed E-state index contributed by atoms with van der Waals surface area (Å²) >= 11 is 0. The van der Waals surface area contributed by atoms with Crippen LogP contribution in [-0.2, 0) is 32.9 Å². The molecule has 1 aromatic carbocycles. The van der Waals surface area contributed by atoms with Crippen LogP contribution in [0.5, 0.6) is 11.5 Å². The first kappa shape index (κ1) is 33.5. The summed E-state index contributed by atoms with van der Waals surface area (Å²) in [7, 11) is 5.09. The highest BCUT2D eigenvalue weighted by Gasteiger charge is 2.63. The fourth-order valence-electron chi connectivity index (χ4n) is 6.87. The molecule has 3 aliphatic heterocycles. The van der Waals surface area contributed by atoms with Crippen molar-refractivity contribution in [3.05, 3.63) is 69.2 Å². The number of anilines is 2. The van der Waals surface area contributed by atoms with E-state index in [0.717, 1.165) is 22.4 Å². The fraction of sp³-hybridized carbons (Fsp3) is 0.429. The first-order valence-corrected chi connectivity index (χ1v) is 18.8. The van der Waals surface area contributed by atoms with Crippen LogP contribution in [0, 0.1) is 6.92 Å². The number of ether oxygens (including phenoxy) is 3. The molecule has 1 fully saturated rings. The Morgan fingerprint density at radius 2 is 1.96 bits per heavy atom. The molecule has 3 aromatic heterocycles. The van der Waals surface area contributed by atoms with Gasteiger partial charge in [-0.1, -0.05) is 21.6 Å². The number of nitrogens with one attached hydrogen (secondary N) is 1. The van der Waals surface area contributed by atoms with Gasteiger partial charge in [-0.2, -0.15) is 0 Å². The molecule has 2 bridgehead atoms. The van der Waals surface area contributed by atoms with Gasteiger partial charge in [0.15, 0.2) is 11.0 Å². The van der Waals surface area contributed by atoms with Gasteiger partial charge in [-0.25, -0.2) is 14.8 Å². The number of nitrogen functional groups attached to an aromatic ring is 2. The minimum Gasteiger partial charge on any atom is -0.507 e. The highest BCUT2D eigenvalue weighted by molar-refractivity contribution is 8.76. The number of pyridine rings is 2. The van der Waals surface area contributed by atoms with Crippen molar-refractivity contribution in [3.63, 3.8) is 0 Å². The molecule has 4 atom stereocenters. The Morgan fingerprint density at radius 1 is 1.12 bits per heavy atom. The number of aromatic hydroxyl groups is 1. The van der Waals surface area contributed by atoms with Gasteiger partial charge in [0.05, 0.1) is 11.8 Å². The third-order valence-corrected chi connectivity index (χ3v) is 12.0. The molecule has 0 amide bonds. The van der Waals surface area contributed by atoms with E-state index in [1.807, 2.05) is 32.2 Å². The van der Waals surface area contributed by atoms with E-state index < -0.39 is 23.3 Å². The van der Waals surface area contributed by atoms with Gasteiger partial charge in [0, 0.05) is 65.8 Å². The quantitative estimate of drug-likeness (QED) is 0.130. The van der Waals surface area contributed by atoms with Crippen molar-refractivity contribution in [2.45, 2.75) is 75.1 Å². The second-order valence-corrected chi connectivity index (χ2v) is 15.6. The van der Waals surface area contributed by atoms with E-state index in [-0.39, 0.29) is 34.7 Å². The number of fused-ring (bicyclic) bond motifs is 8. The van der Waals surface area contributed by atoms with Crippen LogP contribution in [0.4, 0.5) is 11.6 Å². The average Bonchev–Trinajstić information content (AvgIpc) is 3.77. The second-order valence-electron chi connectivity index (χ2n) is 13.0. The molecule has 14 heteroatoms. The van der Waals surface area contributed by atoms with Gasteiger partial charge in [0.25, 0.3) is 0 Å². The molecule has 1 saturated heterocycles. The minimum atomic E-state index is -1.14. The molecule has 7 rings (SSSR count). The van der Waals surface area contributed by atoms with Gasteiger partial charge in [-0.3, -0.25) is 4.79 Å². The van der Waals surface area contributed by atoms with Gasteiger partial charge < -0.3 is 40.5 Å². The first-order valence-electron chi connectivity index (χ1n) is 16.3. The summed E-state index contributed by atoms with van der Waals surface area (Å²) in [6.07, 6.45) is 2.74. The van der Waals surface area contributed by atoms with Crippen molar-refractivity contribution in [2.75, 3.05) is 30.8 Å². The SMILES string of the molecule is CNCC[C@]12O[C@H]1CCc1cc(N)nc(c1)-c1ccnc(N)c1CSSCC[C@]1(C)Oc3cc4oc(C)cc(=O)c4c(O)c3C[C@@H]1OC2=O. The lowest BCUT2D eigenvalue weighted by atomic mass is 9.86. The van der Waals surface area contributed by atoms with E-state index >= 15 is 0 Å². The van der Waals surface area contributed by atoms with Crippen LogP contribution in [-0.4, -0.2) is 63.8 Å². The smallest absolute Gasteiger partial charge is 0.341 e. The standard InChI is InChI=1S/C35H39N5O7S2/c1-18-12-24(41)30-26(44-18)16-25-21(31(30)42)15-28-34(2,46-25)8-11-48-49-17-22-20(6-9-39-32(22)37)23-13-19(14-29(36)40-23)4-5-27-35(47-27,7-10-38-3)33(43)45-28/h6,9,12-14,16,27-28,38,42H,4-5,7-8,10-11,15,17H2,1-3H3,(H2,36,40)(H2,37,39)/t27-,28-,34-,35-/m0/s1. The van der Waals surface area contributed by atoms with Crippen molar-refractivity contribution < 1.29 is 28.5 Å². The monoisotopic (exact) mass is 705 g/mol. The molecule has 0 unspecified atom stereocenters. The van der Waals surface area contributed by atoms with Gasteiger partial charge in [0.1, 0.15) is 51.6 Å². The number of aromatic nitrogens is 2. The zero-order valence-electron chi connectivity index (χ0n) is 27.5. The number of hydrogen-bond donors (Lipinski definition) is 4. The van der Waals surface area contributed by atoms with Gasteiger partial charge in [-0.05, 0) is 64.0 Å². The van der Waals surface area contributed by atoms with E-state index in [1.54, 1.807) is 40.8 Å². The first-order chi connectivity index (χ1) is 23.5. The Balaban J connectivity index is 1.26. The molecule has 3 aliphatic rings. The Labute approximate surface area is 291 Å². The minimum absolute atomic E-state index is 0.0695. The Morgan fingerprint density at radius 3 is 2.78 bits per heavy atom. The number of epoxide rings is 1. The van der Waals surface area contributed by atoms with Crippen LogP contribution >= 0.6 is 21.6 Å². The molecule has 0 aliphatic carbocycles. The summed E-state index contributed by atoms with van der Waals surface area (Å²) in [5, 5.41) is 14.5.